The van der Waals surface area contributed by atoms with Gasteiger partial charge in [-0.05, 0) is 42.9 Å². The van der Waals surface area contributed by atoms with Crippen molar-refractivity contribution in [2.75, 3.05) is 13.1 Å². The highest BCUT2D eigenvalue weighted by atomic mass is 19.1. The van der Waals surface area contributed by atoms with E-state index in [0.717, 1.165) is 37.9 Å². The van der Waals surface area contributed by atoms with Crippen LogP contribution in [0.3, 0.4) is 0 Å². The van der Waals surface area contributed by atoms with E-state index in [9.17, 15) is 9.18 Å². The summed E-state index contributed by atoms with van der Waals surface area (Å²) in [6, 6.07) is 7.12. The van der Waals surface area contributed by atoms with Crippen LogP contribution >= 0.6 is 0 Å². The van der Waals surface area contributed by atoms with E-state index in [4.69, 9.17) is 0 Å². The monoisotopic (exact) mass is 290 g/mol. The fraction of sp³-hybridized carbons (Fsp3) is 0.588. The lowest BCUT2D eigenvalue weighted by molar-refractivity contribution is -0.134. The van der Waals surface area contributed by atoms with Crippen LogP contribution in [-0.2, 0) is 11.3 Å². The molecule has 3 nitrogen and oxygen atoms in total. The van der Waals surface area contributed by atoms with Crippen LogP contribution in [0.25, 0.3) is 0 Å². The molecular weight excluding hydrogens is 267 g/mol. The normalized spacial score (nSPS) is 25.9. The molecule has 114 valence electrons. The first-order chi connectivity index (χ1) is 10.1. The molecule has 0 radical (unpaired) electrons. The average Bonchev–Trinajstić information content (AvgIpc) is 3.30. The molecule has 1 aromatic carbocycles. The molecule has 1 aliphatic carbocycles. The molecule has 0 spiro atoms. The van der Waals surface area contributed by atoms with Crippen molar-refractivity contribution in [1.82, 2.24) is 10.2 Å². The number of rotatable bonds is 4. The summed E-state index contributed by atoms with van der Waals surface area (Å²) in [6.07, 6.45) is 3.13. The van der Waals surface area contributed by atoms with Gasteiger partial charge in [0.25, 0.3) is 0 Å². The molecule has 1 amide bonds. The molecule has 0 aromatic heterocycles. The van der Waals surface area contributed by atoms with Crippen molar-refractivity contribution < 1.29 is 9.18 Å². The number of carbonyl (C=O) groups is 1. The summed E-state index contributed by atoms with van der Waals surface area (Å²) >= 11 is 0. The van der Waals surface area contributed by atoms with E-state index in [1.165, 1.54) is 6.07 Å². The summed E-state index contributed by atoms with van der Waals surface area (Å²) in [5, 5.41) is 3.51. The van der Waals surface area contributed by atoms with Gasteiger partial charge in [-0.1, -0.05) is 19.1 Å². The van der Waals surface area contributed by atoms with Crippen molar-refractivity contribution in [3.05, 3.63) is 35.6 Å². The van der Waals surface area contributed by atoms with Gasteiger partial charge in [0.05, 0.1) is 0 Å². The standard InChI is InChI=1S/C17H23FN2O/c1-12-11-20(17(21)14-5-6-14)8-7-16(12)19-10-13-3-2-4-15(18)9-13/h2-4,9,12,14,16,19H,5-8,10-11H2,1H3/t12-,16-/m0/s1. The molecule has 21 heavy (non-hydrogen) atoms. The second-order valence-corrected chi connectivity index (χ2v) is 6.44. The Bertz CT molecular complexity index is 515. The number of nitrogens with zero attached hydrogens (tertiary/aromatic N) is 1. The van der Waals surface area contributed by atoms with Crippen molar-refractivity contribution in [2.24, 2.45) is 11.8 Å². The Hall–Kier alpha value is -1.42. The lowest BCUT2D eigenvalue weighted by Crippen LogP contribution is -2.50. The molecule has 1 aromatic rings. The molecule has 3 rings (SSSR count). The summed E-state index contributed by atoms with van der Waals surface area (Å²) in [5.41, 5.74) is 0.971. The Labute approximate surface area is 125 Å². The van der Waals surface area contributed by atoms with Crippen LogP contribution in [0, 0.1) is 17.7 Å². The third kappa shape index (κ3) is 3.62. The number of likely N-dealkylation sites (tertiary alicyclic amines) is 1. The molecule has 2 aliphatic rings. The van der Waals surface area contributed by atoms with E-state index in [0.29, 0.717) is 30.3 Å². The van der Waals surface area contributed by atoms with Gasteiger partial charge in [0.15, 0.2) is 0 Å². The van der Waals surface area contributed by atoms with Gasteiger partial charge in [0, 0.05) is 31.6 Å². The van der Waals surface area contributed by atoms with Crippen LogP contribution in [0.4, 0.5) is 4.39 Å². The van der Waals surface area contributed by atoms with Crippen LogP contribution < -0.4 is 5.32 Å². The Morgan fingerprint density at radius 1 is 1.38 bits per heavy atom. The zero-order valence-electron chi connectivity index (χ0n) is 12.5. The van der Waals surface area contributed by atoms with Gasteiger partial charge in [-0.25, -0.2) is 4.39 Å². The number of hydrogen-bond donors (Lipinski definition) is 1. The Morgan fingerprint density at radius 2 is 2.19 bits per heavy atom. The number of halogens is 1. The summed E-state index contributed by atoms with van der Waals surface area (Å²) in [4.78, 5) is 14.1. The van der Waals surface area contributed by atoms with E-state index in [1.54, 1.807) is 12.1 Å². The number of amides is 1. The van der Waals surface area contributed by atoms with E-state index in [-0.39, 0.29) is 5.82 Å². The zero-order valence-corrected chi connectivity index (χ0v) is 12.5. The van der Waals surface area contributed by atoms with E-state index in [2.05, 4.69) is 12.2 Å². The molecule has 1 aliphatic heterocycles. The zero-order chi connectivity index (χ0) is 14.8. The average molecular weight is 290 g/mol. The second-order valence-electron chi connectivity index (χ2n) is 6.44. The smallest absolute Gasteiger partial charge is 0.225 e. The minimum atomic E-state index is -0.188. The summed E-state index contributed by atoms with van der Waals surface area (Å²) in [6.45, 7) is 4.57. The lowest BCUT2D eigenvalue weighted by Gasteiger charge is -2.37. The van der Waals surface area contributed by atoms with Crippen molar-refractivity contribution in [2.45, 2.75) is 38.8 Å². The summed E-state index contributed by atoms with van der Waals surface area (Å²) in [7, 11) is 0. The molecule has 1 saturated heterocycles. The van der Waals surface area contributed by atoms with E-state index < -0.39 is 0 Å². The first-order valence-corrected chi connectivity index (χ1v) is 7.90. The third-order valence-electron chi connectivity index (χ3n) is 4.60. The maximum absolute atomic E-state index is 13.2. The summed E-state index contributed by atoms with van der Waals surface area (Å²) in [5.74, 6) is 0.918. The lowest BCUT2D eigenvalue weighted by atomic mass is 9.93. The predicted molar refractivity (Wildman–Crippen MR) is 80.1 cm³/mol. The number of nitrogens with one attached hydrogen (secondary N) is 1. The van der Waals surface area contributed by atoms with Gasteiger partial charge in [0.2, 0.25) is 5.91 Å². The number of carbonyl (C=O) groups excluding carboxylic acids is 1. The fourth-order valence-corrected chi connectivity index (χ4v) is 3.13. The highest BCUT2D eigenvalue weighted by molar-refractivity contribution is 5.81. The number of hydrogen-bond acceptors (Lipinski definition) is 2. The van der Waals surface area contributed by atoms with Crippen LogP contribution in [0.15, 0.2) is 24.3 Å². The van der Waals surface area contributed by atoms with Gasteiger partial charge >= 0.3 is 0 Å². The quantitative estimate of drug-likeness (QED) is 0.924. The minimum Gasteiger partial charge on any atom is -0.342 e. The highest BCUT2D eigenvalue weighted by Crippen LogP contribution is 2.32. The third-order valence-corrected chi connectivity index (χ3v) is 4.60. The molecule has 0 unspecified atom stereocenters. The van der Waals surface area contributed by atoms with Gasteiger partial charge in [0.1, 0.15) is 5.82 Å². The number of piperidine rings is 1. The molecule has 1 N–H and O–H groups in total. The van der Waals surface area contributed by atoms with Crippen LogP contribution in [-0.4, -0.2) is 29.9 Å². The van der Waals surface area contributed by atoms with Crippen LogP contribution in [0.2, 0.25) is 0 Å². The Morgan fingerprint density at radius 3 is 2.86 bits per heavy atom. The van der Waals surface area contributed by atoms with Crippen molar-refractivity contribution in [1.29, 1.82) is 0 Å². The molecular formula is C17H23FN2O. The molecule has 1 saturated carbocycles. The minimum absolute atomic E-state index is 0.188. The first kappa shape index (κ1) is 14.5. The largest absolute Gasteiger partial charge is 0.342 e. The van der Waals surface area contributed by atoms with Gasteiger partial charge < -0.3 is 10.2 Å². The van der Waals surface area contributed by atoms with E-state index in [1.807, 2.05) is 11.0 Å². The van der Waals surface area contributed by atoms with Crippen LogP contribution in [0.1, 0.15) is 31.7 Å². The van der Waals surface area contributed by atoms with Crippen molar-refractivity contribution in [3.63, 3.8) is 0 Å². The highest BCUT2D eigenvalue weighted by Gasteiger charge is 2.36. The molecule has 4 heteroatoms. The van der Waals surface area contributed by atoms with Gasteiger partial charge in [-0.15, -0.1) is 0 Å². The maximum atomic E-state index is 13.2. The first-order valence-electron chi connectivity index (χ1n) is 7.90. The summed E-state index contributed by atoms with van der Waals surface area (Å²) < 4.78 is 13.2. The topological polar surface area (TPSA) is 32.3 Å². The van der Waals surface area contributed by atoms with Crippen molar-refractivity contribution in [3.8, 4) is 0 Å². The molecule has 1 heterocycles. The molecule has 2 fully saturated rings. The fourth-order valence-electron chi connectivity index (χ4n) is 3.13. The molecule has 0 bridgehead atoms. The SMILES string of the molecule is C[C@H]1CN(C(=O)C2CC2)CC[C@@H]1NCc1cccc(F)c1. The second kappa shape index (κ2) is 6.14. The van der Waals surface area contributed by atoms with E-state index >= 15 is 0 Å². The van der Waals surface area contributed by atoms with Crippen molar-refractivity contribution >= 4 is 5.91 Å². The maximum Gasteiger partial charge on any atom is 0.225 e. The van der Waals surface area contributed by atoms with Gasteiger partial charge in [-0.2, -0.15) is 0 Å². The molecule has 2 atom stereocenters. The van der Waals surface area contributed by atoms with Crippen LogP contribution in [0.5, 0.6) is 0 Å². The Balaban J connectivity index is 1.50. The predicted octanol–water partition coefficient (Wildman–Crippen LogP) is 2.56. The van der Waals surface area contributed by atoms with Gasteiger partial charge in [-0.3, -0.25) is 4.79 Å². The number of benzene rings is 1. The Kier molecular flexibility index (Phi) is 4.24.